The minimum Gasteiger partial charge on any atom is -0.360 e. The zero-order valence-electron chi connectivity index (χ0n) is 12.0. The van der Waals surface area contributed by atoms with Crippen molar-refractivity contribution in [2.24, 2.45) is 0 Å². The number of halogens is 1. The van der Waals surface area contributed by atoms with E-state index in [9.17, 15) is 10.1 Å². The number of quaternary nitrogens is 1. The molecule has 116 valence electrons. The highest BCUT2D eigenvalue weighted by atomic mass is 79.9. The summed E-state index contributed by atoms with van der Waals surface area (Å²) in [4.78, 5) is 15.6. The third-order valence-electron chi connectivity index (χ3n) is 3.95. The molecule has 0 saturated carbocycles. The second kappa shape index (κ2) is 6.76. The van der Waals surface area contributed by atoms with Crippen LogP contribution in [0, 0.1) is 10.1 Å². The summed E-state index contributed by atoms with van der Waals surface area (Å²) in [7, 11) is 0. The average molecular weight is 383 g/mol. The molecule has 1 aromatic carbocycles. The molecular weight excluding hydrogens is 366 g/mol. The van der Waals surface area contributed by atoms with Crippen molar-refractivity contribution in [3.63, 3.8) is 0 Å². The van der Waals surface area contributed by atoms with E-state index >= 15 is 0 Å². The summed E-state index contributed by atoms with van der Waals surface area (Å²) in [5.74, 6) is 0. The summed E-state index contributed by atoms with van der Waals surface area (Å²) in [6, 6.07) is 11.1. The van der Waals surface area contributed by atoms with E-state index in [-0.39, 0.29) is 10.6 Å². The van der Waals surface area contributed by atoms with Gasteiger partial charge in [-0.3, -0.25) is 10.1 Å². The van der Waals surface area contributed by atoms with Crippen LogP contribution in [-0.2, 0) is 6.54 Å². The molecule has 0 atom stereocenters. The number of piperazine rings is 1. The maximum Gasteiger partial charge on any atom is 0.269 e. The number of thiophene rings is 1. The van der Waals surface area contributed by atoms with Gasteiger partial charge in [0.05, 0.1) is 39.8 Å². The van der Waals surface area contributed by atoms with Gasteiger partial charge in [0.1, 0.15) is 6.54 Å². The monoisotopic (exact) mass is 382 g/mol. The maximum absolute atomic E-state index is 10.7. The molecule has 22 heavy (non-hydrogen) atoms. The first-order valence-corrected chi connectivity index (χ1v) is 8.80. The van der Waals surface area contributed by atoms with E-state index in [0.29, 0.717) is 0 Å². The summed E-state index contributed by atoms with van der Waals surface area (Å²) in [5.41, 5.74) is 1.22. The van der Waals surface area contributed by atoms with Gasteiger partial charge in [0.2, 0.25) is 0 Å². The first-order valence-electron chi connectivity index (χ1n) is 7.19. The lowest BCUT2D eigenvalue weighted by atomic mass is 10.2. The Bertz CT molecular complexity index is 651. The SMILES string of the molecule is O=[N+]([O-])c1ccc(N2CC[NH+](Cc3ccc(Br)s3)CC2)cc1. The Hall–Kier alpha value is -1.44. The van der Waals surface area contributed by atoms with E-state index < -0.39 is 0 Å². The maximum atomic E-state index is 10.7. The first kappa shape index (κ1) is 15.5. The van der Waals surface area contributed by atoms with Crippen LogP contribution < -0.4 is 9.80 Å². The van der Waals surface area contributed by atoms with E-state index in [2.05, 4.69) is 33.0 Å². The number of nitro groups is 1. The summed E-state index contributed by atoms with van der Waals surface area (Å²) in [6.45, 7) is 5.22. The molecule has 0 unspecified atom stereocenters. The average Bonchev–Trinajstić information content (AvgIpc) is 2.93. The molecule has 7 heteroatoms. The number of hydrogen-bond donors (Lipinski definition) is 1. The van der Waals surface area contributed by atoms with Crippen molar-refractivity contribution >= 4 is 38.6 Å². The number of rotatable bonds is 4. The van der Waals surface area contributed by atoms with Crippen LogP contribution in [-0.4, -0.2) is 31.1 Å². The molecular formula is C15H17BrN3O2S+. The quantitative estimate of drug-likeness (QED) is 0.651. The molecule has 0 spiro atoms. The summed E-state index contributed by atoms with van der Waals surface area (Å²) >= 11 is 5.31. The van der Waals surface area contributed by atoms with Crippen LogP contribution in [0.5, 0.6) is 0 Å². The summed E-state index contributed by atoms with van der Waals surface area (Å²) in [5, 5.41) is 10.7. The van der Waals surface area contributed by atoms with Crippen LogP contribution in [0.3, 0.4) is 0 Å². The van der Waals surface area contributed by atoms with Crippen molar-refractivity contribution in [2.45, 2.75) is 6.54 Å². The lowest BCUT2D eigenvalue weighted by Crippen LogP contribution is -3.13. The molecule has 0 amide bonds. The van der Waals surface area contributed by atoms with Gasteiger partial charge in [-0.2, -0.15) is 0 Å². The van der Waals surface area contributed by atoms with Crippen LogP contribution in [0.1, 0.15) is 4.88 Å². The van der Waals surface area contributed by atoms with Crippen molar-refractivity contribution in [1.82, 2.24) is 0 Å². The zero-order chi connectivity index (χ0) is 15.5. The smallest absolute Gasteiger partial charge is 0.269 e. The van der Waals surface area contributed by atoms with Crippen molar-refractivity contribution in [2.75, 3.05) is 31.1 Å². The second-order valence-electron chi connectivity index (χ2n) is 5.39. The molecule has 5 nitrogen and oxygen atoms in total. The van der Waals surface area contributed by atoms with Crippen LogP contribution in [0.15, 0.2) is 40.2 Å². The fourth-order valence-electron chi connectivity index (χ4n) is 2.74. The predicted octanol–water partition coefficient (Wildman–Crippen LogP) is 2.32. The number of benzene rings is 1. The van der Waals surface area contributed by atoms with Gasteiger partial charge >= 0.3 is 0 Å². The minimum atomic E-state index is -0.356. The highest BCUT2D eigenvalue weighted by Crippen LogP contribution is 2.22. The fraction of sp³-hybridized carbons (Fsp3) is 0.333. The summed E-state index contributed by atoms with van der Waals surface area (Å²) < 4.78 is 1.19. The zero-order valence-corrected chi connectivity index (χ0v) is 14.4. The molecule has 3 rings (SSSR count). The van der Waals surface area contributed by atoms with E-state index in [1.54, 1.807) is 28.4 Å². The van der Waals surface area contributed by atoms with E-state index in [1.807, 2.05) is 12.1 Å². The Morgan fingerprint density at radius 3 is 2.41 bits per heavy atom. The number of nitrogens with one attached hydrogen (secondary N) is 1. The van der Waals surface area contributed by atoms with Gasteiger partial charge < -0.3 is 9.80 Å². The van der Waals surface area contributed by atoms with E-state index in [0.717, 1.165) is 38.4 Å². The molecule has 1 aromatic heterocycles. The third kappa shape index (κ3) is 3.66. The molecule has 0 radical (unpaired) electrons. The Morgan fingerprint density at radius 2 is 1.86 bits per heavy atom. The lowest BCUT2D eigenvalue weighted by molar-refractivity contribution is -0.914. The molecule has 1 N–H and O–H groups in total. The second-order valence-corrected chi connectivity index (χ2v) is 7.94. The molecule has 1 aliphatic heterocycles. The highest BCUT2D eigenvalue weighted by Gasteiger charge is 2.21. The highest BCUT2D eigenvalue weighted by molar-refractivity contribution is 9.11. The van der Waals surface area contributed by atoms with Gasteiger partial charge in [0.25, 0.3) is 5.69 Å². The van der Waals surface area contributed by atoms with Crippen LogP contribution in [0.25, 0.3) is 0 Å². The fourth-order valence-corrected chi connectivity index (χ4v) is 4.29. The largest absolute Gasteiger partial charge is 0.360 e. The minimum absolute atomic E-state index is 0.149. The molecule has 2 aromatic rings. The number of nitrogens with zero attached hydrogens (tertiary/aromatic N) is 2. The Kier molecular flexibility index (Phi) is 4.75. The Morgan fingerprint density at radius 1 is 1.18 bits per heavy atom. The Balaban J connectivity index is 1.56. The van der Waals surface area contributed by atoms with Gasteiger partial charge in [-0.15, -0.1) is 11.3 Å². The normalized spacial score (nSPS) is 16.0. The predicted molar refractivity (Wildman–Crippen MR) is 91.7 cm³/mol. The first-order chi connectivity index (χ1) is 10.6. The van der Waals surface area contributed by atoms with Crippen molar-refractivity contribution < 1.29 is 9.82 Å². The lowest BCUT2D eigenvalue weighted by Gasteiger charge is -2.33. The standard InChI is InChI=1S/C15H16BrN3O2S/c16-15-6-5-14(22-15)11-17-7-9-18(10-8-17)12-1-3-13(4-2-12)19(20)21/h1-6H,7-11H2/p+1. The third-order valence-corrected chi connectivity index (χ3v) is 5.57. The molecule has 1 fully saturated rings. The van der Waals surface area contributed by atoms with Crippen molar-refractivity contribution in [3.8, 4) is 0 Å². The number of anilines is 1. The number of hydrogen-bond acceptors (Lipinski definition) is 4. The summed E-state index contributed by atoms with van der Waals surface area (Å²) in [6.07, 6.45) is 0. The van der Waals surface area contributed by atoms with Crippen LogP contribution in [0.2, 0.25) is 0 Å². The topological polar surface area (TPSA) is 50.8 Å². The van der Waals surface area contributed by atoms with Crippen LogP contribution >= 0.6 is 27.3 Å². The van der Waals surface area contributed by atoms with E-state index in [4.69, 9.17) is 0 Å². The van der Waals surface area contributed by atoms with Crippen LogP contribution in [0.4, 0.5) is 11.4 Å². The van der Waals surface area contributed by atoms with E-state index in [1.165, 1.54) is 8.66 Å². The van der Waals surface area contributed by atoms with Gasteiger partial charge in [-0.1, -0.05) is 0 Å². The molecule has 0 aliphatic carbocycles. The number of non-ortho nitro benzene ring substituents is 1. The Labute approximate surface area is 141 Å². The molecule has 2 heterocycles. The molecule has 1 saturated heterocycles. The van der Waals surface area contributed by atoms with Crippen molar-refractivity contribution in [1.29, 1.82) is 0 Å². The number of nitro benzene ring substituents is 1. The van der Waals surface area contributed by atoms with Gasteiger partial charge in [0, 0.05) is 17.8 Å². The molecule has 1 aliphatic rings. The van der Waals surface area contributed by atoms with Gasteiger partial charge in [-0.05, 0) is 40.2 Å². The van der Waals surface area contributed by atoms with Gasteiger partial charge in [-0.25, -0.2) is 0 Å². The molecule has 0 bridgehead atoms. The van der Waals surface area contributed by atoms with Crippen molar-refractivity contribution in [3.05, 3.63) is 55.2 Å². The van der Waals surface area contributed by atoms with Gasteiger partial charge in [0.15, 0.2) is 0 Å².